The third kappa shape index (κ3) is 2.02. The number of imidazole rings is 1. The number of ether oxygens (including phenoxy) is 1. The zero-order valence-electron chi connectivity index (χ0n) is 10.5. The van der Waals surface area contributed by atoms with Crippen LogP contribution < -0.4 is 5.73 Å². The number of benzene rings is 1. The van der Waals surface area contributed by atoms with Crippen molar-refractivity contribution in [2.45, 2.75) is 6.92 Å². The number of esters is 1. The van der Waals surface area contributed by atoms with Crippen molar-refractivity contribution in [3.05, 3.63) is 41.3 Å². The lowest BCUT2D eigenvalue weighted by atomic mass is 10.1. The standard InChI is InChI=1S/C13H12N4O2/c1-8-4-3-5-10(9(8)6-14)17-7-16-11(12(17)15)13(18)19-2/h3-5,7H,15H2,1-2H3. The van der Waals surface area contributed by atoms with Crippen LogP contribution in [0.3, 0.4) is 0 Å². The molecule has 0 amide bonds. The fourth-order valence-electron chi connectivity index (χ4n) is 1.80. The molecule has 0 fully saturated rings. The highest BCUT2D eigenvalue weighted by molar-refractivity contribution is 5.92. The minimum Gasteiger partial charge on any atom is -0.464 e. The molecular formula is C13H12N4O2. The maximum Gasteiger partial charge on any atom is 0.360 e. The third-order valence-corrected chi connectivity index (χ3v) is 2.81. The molecule has 0 saturated carbocycles. The summed E-state index contributed by atoms with van der Waals surface area (Å²) in [7, 11) is 1.26. The molecule has 0 radical (unpaired) electrons. The van der Waals surface area contributed by atoms with Crippen LogP contribution in [0.1, 0.15) is 21.6 Å². The lowest BCUT2D eigenvalue weighted by Gasteiger charge is -2.09. The number of nitriles is 1. The summed E-state index contributed by atoms with van der Waals surface area (Å²) < 4.78 is 6.08. The number of carbonyl (C=O) groups is 1. The molecule has 2 rings (SSSR count). The van der Waals surface area contributed by atoms with E-state index < -0.39 is 5.97 Å². The maximum atomic E-state index is 11.5. The Labute approximate surface area is 110 Å². The third-order valence-electron chi connectivity index (χ3n) is 2.81. The molecule has 0 aliphatic rings. The number of hydrogen-bond donors (Lipinski definition) is 1. The van der Waals surface area contributed by atoms with E-state index in [9.17, 15) is 10.1 Å². The predicted molar refractivity (Wildman–Crippen MR) is 68.8 cm³/mol. The molecule has 2 N–H and O–H groups in total. The molecule has 0 atom stereocenters. The van der Waals surface area contributed by atoms with Gasteiger partial charge in [-0.15, -0.1) is 0 Å². The first-order valence-corrected chi connectivity index (χ1v) is 5.51. The van der Waals surface area contributed by atoms with Crippen LogP contribution in [0.4, 0.5) is 5.82 Å². The van der Waals surface area contributed by atoms with Crippen LogP contribution in [-0.2, 0) is 4.74 Å². The highest BCUT2D eigenvalue weighted by Gasteiger charge is 2.18. The summed E-state index contributed by atoms with van der Waals surface area (Å²) in [5, 5.41) is 9.20. The van der Waals surface area contributed by atoms with Crippen LogP contribution >= 0.6 is 0 Å². The average Bonchev–Trinajstić information content (AvgIpc) is 2.79. The number of nitrogen functional groups attached to an aromatic ring is 1. The van der Waals surface area contributed by atoms with E-state index in [1.165, 1.54) is 18.0 Å². The number of hydrogen-bond acceptors (Lipinski definition) is 5. The van der Waals surface area contributed by atoms with Gasteiger partial charge in [-0.1, -0.05) is 12.1 Å². The van der Waals surface area contributed by atoms with E-state index in [0.717, 1.165) is 5.56 Å². The average molecular weight is 256 g/mol. The topological polar surface area (TPSA) is 93.9 Å². The minimum absolute atomic E-state index is 0.0351. The van der Waals surface area contributed by atoms with Crippen LogP contribution in [0.2, 0.25) is 0 Å². The Morgan fingerprint density at radius 2 is 2.26 bits per heavy atom. The van der Waals surface area contributed by atoms with E-state index in [1.807, 2.05) is 19.1 Å². The summed E-state index contributed by atoms with van der Waals surface area (Å²) in [6, 6.07) is 7.50. The summed E-state index contributed by atoms with van der Waals surface area (Å²) in [6.45, 7) is 1.83. The molecule has 1 aromatic heterocycles. The second kappa shape index (κ2) is 4.82. The molecule has 0 aliphatic carbocycles. The number of aromatic nitrogens is 2. The van der Waals surface area contributed by atoms with Gasteiger partial charge in [-0.25, -0.2) is 9.78 Å². The van der Waals surface area contributed by atoms with Gasteiger partial charge in [0.1, 0.15) is 18.2 Å². The first kappa shape index (κ1) is 12.6. The Morgan fingerprint density at radius 1 is 1.53 bits per heavy atom. The van der Waals surface area contributed by atoms with Crippen molar-refractivity contribution in [2.75, 3.05) is 12.8 Å². The number of nitrogens with two attached hydrogens (primary N) is 1. The number of rotatable bonds is 2. The molecule has 6 nitrogen and oxygen atoms in total. The van der Waals surface area contributed by atoms with Gasteiger partial charge in [0, 0.05) is 0 Å². The van der Waals surface area contributed by atoms with Gasteiger partial charge in [-0.05, 0) is 18.6 Å². The minimum atomic E-state index is -0.609. The molecule has 0 saturated heterocycles. The van der Waals surface area contributed by atoms with Crippen molar-refractivity contribution in [1.29, 1.82) is 5.26 Å². The van der Waals surface area contributed by atoms with E-state index in [-0.39, 0.29) is 11.5 Å². The highest BCUT2D eigenvalue weighted by atomic mass is 16.5. The number of aryl methyl sites for hydroxylation is 1. The van der Waals surface area contributed by atoms with Crippen molar-refractivity contribution in [1.82, 2.24) is 9.55 Å². The molecule has 2 aromatic rings. The van der Waals surface area contributed by atoms with E-state index in [4.69, 9.17) is 5.73 Å². The summed E-state index contributed by atoms with van der Waals surface area (Å²) in [6.07, 6.45) is 1.40. The number of methoxy groups -OCH3 is 1. The summed E-state index contributed by atoms with van der Waals surface area (Å²) >= 11 is 0. The van der Waals surface area contributed by atoms with Gasteiger partial charge in [0.25, 0.3) is 0 Å². The first-order valence-electron chi connectivity index (χ1n) is 5.51. The Bertz CT molecular complexity index is 682. The number of carbonyl (C=O) groups excluding carboxylic acids is 1. The SMILES string of the molecule is COC(=O)c1ncn(-c2cccc(C)c2C#N)c1N. The predicted octanol–water partition coefficient (Wildman–Crippen LogP) is 1.42. The van der Waals surface area contributed by atoms with Gasteiger partial charge in [-0.3, -0.25) is 4.57 Å². The maximum absolute atomic E-state index is 11.5. The molecule has 19 heavy (non-hydrogen) atoms. The van der Waals surface area contributed by atoms with E-state index in [2.05, 4.69) is 15.8 Å². The molecule has 0 spiro atoms. The molecule has 0 aliphatic heterocycles. The Morgan fingerprint density at radius 3 is 2.89 bits per heavy atom. The Hall–Kier alpha value is -2.81. The van der Waals surface area contributed by atoms with Crippen LogP contribution in [0.5, 0.6) is 0 Å². The monoisotopic (exact) mass is 256 g/mol. The van der Waals surface area contributed by atoms with Crippen LogP contribution in [-0.4, -0.2) is 22.6 Å². The van der Waals surface area contributed by atoms with E-state index in [0.29, 0.717) is 11.3 Å². The molecule has 6 heteroatoms. The molecule has 0 bridgehead atoms. The lowest BCUT2D eigenvalue weighted by Crippen LogP contribution is -2.08. The van der Waals surface area contributed by atoms with Crippen molar-refractivity contribution in [2.24, 2.45) is 0 Å². The fraction of sp³-hybridized carbons (Fsp3) is 0.154. The van der Waals surface area contributed by atoms with Gasteiger partial charge >= 0.3 is 5.97 Å². The molecule has 1 heterocycles. The zero-order valence-corrected chi connectivity index (χ0v) is 10.5. The van der Waals surface area contributed by atoms with E-state index >= 15 is 0 Å². The first-order chi connectivity index (χ1) is 9.10. The van der Waals surface area contributed by atoms with Gasteiger partial charge in [0.15, 0.2) is 5.69 Å². The zero-order chi connectivity index (χ0) is 14.0. The van der Waals surface area contributed by atoms with Crippen molar-refractivity contribution >= 4 is 11.8 Å². The molecule has 1 aromatic carbocycles. The van der Waals surface area contributed by atoms with E-state index in [1.54, 1.807) is 6.07 Å². The van der Waals surface area contributed by atoms with Crippen LogP contribution in [0.25, 0.3) is 5.69 Å². The van der Waals surface area contributed by atoms with Gasteiger partial charge < -0.3 is 10.5 Å². The van der Waals surface area contributed by atoms with Crippen LogP contribution in [0.15, 0.2) is 24.5 Å². The number of nitrogens with zero attached hydrogens (tertiary/aromatic N) is 3. The van der Waals surface area contributed by atoms with Crippen LogP contribution in [0, 0.1) is 18.3 Å². The van der Waals surface area contributed by atoms with Gasteiger partial charge in [0.2, 0.25) is 0 Å². The van der Waals surface area contributed by atoms with Crippen molar-refractivity contribution in [3.8, 4) is 11.8 Å². The smallest absolute Gasteiger partial charge is 0.360 e. The normalized spacial score (nSPS) is 9.95. The number of anilines is 1. The largest absolute Gasteiger partial charge is 0.464 e. The van der Waals surface area contributed by atoms with Gasteiger partial charge in [-0.2, -0.15) is 5.26 Å². The van der Waals surface area contributed by atoms with Crippen molar-refractivity contribution in [3.63, 3.8) is 0 Å². The fourth-order valence-corrected chi connectivity index (χ4v) is 1.80. The summed E-state index contributed by atoms with van der Waals surface area (Å²) in [5.74, 6) is -0.462. The van der Waals surface area contributed by atoms with Gasteiger partial charge in [0.05, 0.1) is 18.4 Å². The second-order valence-corrected chi connectivity index (χ2v) is 3.92. The molecule has 96 valence electrons. The Balaban J connectivity index is 2.62. The quantitative estimate of drug-likeness (QED) is 0.820. The van der Waals surface area contributed by atoms with Crippen molar-refractivity contribution < 1.29 is 9.53 Å². The lowest BCUT2D eigenvalue weighted by molar-refractivity contribution is 0.0596. The Kier molecular flexibility index (Phi) is 3.21. The summed E-state index contributed by atoms with van der Waals surface area (Å²) in [5.41, 5.74) is 7.81. The molecule has 0 unspecified atom stereocenters. The summed E-state index contributed by atoms with van der Waals surface area (Å²) in [4.78, 5) is 15.4. The highest BCUT2D eigenvalue weighted by Crippen LogP contribution is 2.22. The molecular weight excluding hydrogens is 244 g/mol. The second-order valence-electron chi connectivity index (χ2n) is 3.92.